The zero-order chi connectivity index (χ0) is 18.5. The van der Waals surface area contributed by atoms with Gasteiger partial charge in [0.1, 0.15) is 11.6 Å². The van der Waals surface area contributed by atoms with E-state index in [0.717, 1.165) is 11.3 Å². The third-order valence-electron chi connectivity index (χ3n) is 3.68. The van der Waals surface area contributed by atoms with E-state index in [1.54, 1.807) is 13.2 Å². The second kappa shape index (κ2) is 7.79. The quantitative estimate of drug-likeness (QED) is 0.413. The van der Waals surface area contributed by atoms with Gasteiger partial charge in [-0.05, 0) is 42.0 Å². The monoisotopic (exact) mass is 373 g/mol. The number of aromatic nitrogens is 2. The van der Waals surface area contributed by atoms with Gasteiger partial charge in [0, 0.05) is 6.54 Å². The van der Waals surface area contributed by atoms with Crippen molar-refractivity contribution in [2.24, 2.45) is 0 Å². The summed E-state index contributed by atoms with van der Waals surface area (Å²) in [4.78, 5) is 12.1. The summed E-state index contributed by atoms with van der Waals surface area (Å²) in [5, 5.41) is 9.78. The normalized spacial score (nSPS) is 10.4. The number of hydrazine groups is 1. The van der Waals surface area contributed by atoms with Gasteiger partial charge < -0.3 is 10.1 Å². The zero-order valence-corrected chi connectivity index (χ0v) is 14.6. The van der Waals surface area contributed by atoms with Crippen LogP contribution in [-0.2, 0) is 6.54 Å². The lowest BCUT2D eigenvalue weighted by atomic mass is 10.1. The predicted molar refractivity (Wildman–Crippen MR) is 99.1 cm³/mol. The molecule has 0 fully saturated rings. The molecule has 0 unspecified atom stereocenters. The maximum absolute atomic E-state index is 14.3. The average molecular weight is 373 g/mol. The molecule has 4 N–H and O–H groups in total. The van der Waals surface area contributed by atoms with Crippen LogP contribution in [0.25, 0.3) is 10.9 Å². The molecule has 7 nitrogen and oxygen atoms in total. The molecule has 3 aromatic rings. The predicted octanol–water partition coefficient (Wildman–Crippen LogP) is 2.02. The molecular weight excluding hydrogens is 357 g/mol. The van der Waals surface area contributed by atoms with Crippen LogP contribution in [0.3, 0.4) is 0 Å². The Hall–Kier alpha value is -3.20. The number of halogens is 1. The molecule has 0 spiro atoms. The first-order valence-corrected chi connectivity index (χ1v) is 8.08. The molecule has 0 saturated carbocycles. The highest BCUT2D eigenvalue weighted by molar-refractivity contribution is 7.80. The first kappa shape index (κ1) is 17.6. The number of thiocarbonyl (C=S) groups is 1. The fourth-order valence-electron chi connectivity index (χ4n) is 2.35. The first-order valence-electron chi connectivity index (χ1n) is 7.67. The summed E-state index contributed by atoms with van der Waals surface area (Å²) < 4.78 is 19.5. The van der Waals surface area contributed by atoms with Gasteiger partial charge in [-0.15, -0.1) is 0 Å². The summed E-state index contributed by atoms with van der Waals surface area (Å²) in [6.45, 7) is 0.439. The van der Waals surface area contributed by atoms with Gasteiger partial charge >= 0.3 is 0 Å². The third kappa shape index (κ3) is 3.89. The minimum absolute atomic E-state index is 0.109. The highest BCUT2D eigenvalue weighted by atomic mass is 32.1. The van der Waals surface area contributed by atoms with E-state index in [9.17, 15) is 9.18 Å². The summed E-state index contributed by atoms with van der Waals surface area (Å²) in [5.74, 6) is -0.552. The molecule has 0 bridgehead atoms. The van der Waals surface area contributed by atoms with Crippen LogP contribution >= 0.6 is 12.2 Å². The van der Waals surface area contributed by atoms with Crippen molar-refractivity contribution in [1.29, 1.82) is 0 Å². The lowest BCUT2D eigenvalue weighted by Gasteiger charge is -2.12. The van der Waals surface area contributed by atoms with Crippen LogP contribution in [0.5, 0.6) is 5.75 Å². The molecule has 1 aromatic heterocycles. The van der Waals surface area contributed by atoms with Crippen LogP contribution in [-0.4, -0.2) is 28.3 Å². The van der Waals surface area contributed by atoms with E-state index in [0.29, 0.717) is 12.1 Å². The lowest BCUT2D eigenvalue weighted by molar-refractivity contribution is 0.0940. The second-order valence-electron chi connectivity index (χ2n) is 5.37. The number of carbonyl (C=O) groups excluding carboxylic acids is 1. The number of ether oxygens (including phenoxy) is 1. The van der Waals surface area contributed by atoms with Crippen LogP contribution < -0.4 is 20.9 Å². The number of hydrogen-bond donors (Lipinski definition) is 4. The van der Waals surface area contributed by atoms with Crippen molar-refractivity contribution in [3.63, 3.8) is 0 Å². The van der Waals surface area contributed by atoms with Crippen LogP contribution in [0, 0.1) is 5.82 Å². The Balaban J connectivity index is 1.54. The molecule has 0 aliphatic carbocycles. The van der Waals surface area contributed by atoms with Crippen LogP contribution in [0.15, 0.2) is 42.6 Å². The minimum atomic E-state index is -0.647. The molecular formula is C17H16FN5O2S. The highest BCUT2D eigenvalue weighted by Gasteiger charge is 2.15. The van der Waals surface area contributed by atoms with Crippen LogP contribution in [0.2, 0.25) is 0 Å². The number of benzene rings is 2. The Labute approximate surface area is 153 Å². The fourth-order valence-corrected chi connectivity index (χ4v) is 2.47. The first-order chi connectivity index (χ1) is 12.6. The number of fused-ring (bicyclic) bond motifs is 1. The van der Waals surface area contributed by atoms with Gasteiger partial charge in [-0.25, -0.2) is 4.39 Å². The summed E-state index contributed by atoms with van der Waals surface area (Å²) >= 11 is 5.10. The van der Waals surface area contributed by atoms with E-state index < -0.39 is 11.7 Å². The standard InChI is InChI=1S/C17H16FN5O2S/c1-25-11-4-2-3-10(7-11)8-19-17(26)23-22-16(24)12-5-6-14-13(15(12)18)9-20-21-14/h2-7,9H,8H2,1H3,(H,20,21)(H,22,24)(H2,19,23,26). The van der Waals surface area contributed by atoms with E-state index in [1.165, 1.54) is 12.3 Å². The van der Waals surface area contributed by atoms with E-state index >= 15 is 0 Å². The molecule has 134 valence electrons. The van der Waals surface area contributed by atoms with E-state index in [2.05, 4.69) is 26.4 Å². The second-order valence-corrected chi connectivity index (χ2v) is 5.78. The zero-order valence-electron chi connectivity index (χ0n) is 13.8. The molecule has 0 atom stereocenters. The summed E-state index contributed by atoms with van der Waals surface area (Å²) in [7, 11) is 1.59. The van der Waals surface area contributed by atoms with Crippen molar-refractivity contribution >= 4 is 34.1 Å². The van der Waals surface area contributed by atoms with Gasteiger partial charge in [0.15, 0.2) is 5.11 Å². The molecule has 1 amide bonds. The number of nitrogens with zero attached hydrogens (tertiary/aromatic N) is 1. The molecule has 1 heterocycles. The van der Waals surface area contributed by atoms with Crippen molar-refractivity contribution in [1.82, 2.24) is 26.4 Å². The van der Waals surface area contributed by atoms with Crippen molar-refractivity contribution in [3.8, 4) is 5.75 Å². The van der Waals surface area contributed by atoms with E-state index in [-0.39, 0.29) is 16.1 Å². The Kier molecular flexibility index (Phi) is 5.28. The molecule has 9 heteroatoms. The Morgan fingerprint density at radius 1 is 1.31 bits per heavy atom. The molecule has 2 aromatic carbocycles. The molecule has 0 radical (unpaired) electrons. The van der Waals surface area contributed by atoms with Crippen LogP contribution in [0.1, 0.15) is 15.9 Å². The molecule has 0 aliphatic rings. The SMILES string of the molecule is COc1cccc(CNC(=S)NNC(=O)c2ccc3[nH]ncc3c2F)c1. The minimum Gasteiger partial charge on any atom is -0.497 e. The van der Waals surface area contributed by atoms with Crippen molar-refractivity contribution in [2.75, 3.05) is 7.11 Å². The van der Waals surface area contributed by atoms with Crippen LogP contribution in [0.4, 0.5) is 4.39 Å². The molecule has 0 saturated heterocycles. The van der Waals surface area contributed by atoms with Gasteiger partial charge in [0.2, 0.25) is 0 Å². The highest BCUT2D eigenvalue weighted by Crippen LogP contribution is 2.18. The number of carbonyl (C=O) groups is 1. The number of rotatable bonds is 4. The Morgan fingerprint density at radius 2 is 2.15 bits per heavy atom. The van der Waals surface area contributed by atoms with Crippen molar-refractivity contribution in [3.05, 3.63) is 59.5 Å². The number of aromatic amines is 1. The van der Waals surface area contributed by atoms with Gasteiger partial charge in [-0.2, -0.15) is 5.10 Å². The molecule has 3 rings (SSSR count). The summed E-state index contributed by atoms with van der Waals surface area (Å²) in [6, 6.07) is 10.4. The molecule has 0 aliphatic heterocycles. The number of nitrogens with one attached hydrogen (secondary N) is 4. The van der Waals surface area contributed by atoms with Gasteiger partial charge in [-0.1, -0.05) is 12.1 Å². The summed E-state index contributed by atoms with van der Waals surface area (Å²) in [6.07, 6.45) is 1.33. The van der Waals surface area contributed by atoms with E-state index in [1.807, 2.05) is 24.3 Å². The van der Waals surface area contributed by atoms with Gasteiger partial charge in [0.05, 0.1) is 29.8 Å². The smallest absolute Gasteiger partial charge is 0.272 e. The van der Waals surface area contributed by atoms with Crippen molar-refractivity contribution in [2.45, 2.75) is 6.54 Å². The van der Waals surface area contributed by atoms with E-state index in [4.69, 9.17) is 17.0 Å². The topological polar surface area (TPSA) is 91.1 Å². The molecule has 26 heavy (non-hydrogen) atoms. The number of methoxy groups -OCH3 is 1. The average Bonchev–Trinajstić information content (AvgIpc) is 3.14. The Bertz CT molecular complexity index is 959. The van der Waals surface area contributed by atoms with Gasteiger partial charge in [-0.3, -0.25) is 20.7 Å². The maximum atomic E-state index is 14.3. The number of amides is 1. The fraction of sp³-hybridized carbons (Fsp3) is 0.118. The third-order valence-corrected chi connectivity index (χ3v) is 3.93. The summed E-state index contributed by atoms with van der Waals surface area (Å²) in [5.41, 5.74) is 6.28. The largest absolute Gasteiger partial charge is 0.497 e. The van der Waals surface area contributed by atoms with Crippen molar-refractivity contribution < 1.29 is 13.9 Å². The van der Waals surface area contributed by atoms with Gasteiger partial charge in [0.25, 0.3) is 5.91 Å². The number of hydrogen-bond acceptors (Lipinski definition) is 4. The maximum Gasteiger partial charge on any atom is 0.272 e. The number of H-pyrrole nitrogens is 1. The Morgan fingerprint density at radius 3 is 2.96 bits per heavy atom. The lowest BCUT2D eigenvalue weighted by Crippen LogP contribution is -2.46.